The maximum Gasteiger partial charge on any atom is 0.317 e. The van der Waals surface area contributed by atoms with Gasteiger partial charge in [-0.15, -0.1) is 0 Å². The number of hydrogen-bond acceptors (Lipinski definition) is 2. The van der Waals surface area contributed by atoms with Gasteiger partial charge in [0.05, 0.1) is 0 Å². The van der Waals surface area contributed by atoms with Crippen LogP contribution < -0.4 is 5.32 Å². The quantitative estimate of drug-likeness (QED) is 0.839. The van der Waals surface area contributed by atoms with Crippen molar-refractivity contribution in [1.29, 1.82) is 0 Å². The van der Waals surface area contributed by atoms with Crippen LogP contribution in [0, 0.1) is 11.7 Å². The van der Waals surface area contributed by atoms with E-state index in [4.69, 9.17) is 5.11 Å². The van der Waals surface area contributed by atoms with Crippen molar-refractivity contribution < 1.29 is 19.1 Å². The number of halogens is 1. The summed E-state index contributed by atoms with van der Waals surface area (Å²) in [6.45, 7) is 2.33. The number of hydrogen-bond donors (Lipinski definition) is 2. The molecule has 2 N–H and O–H groups in total. The summed E-state index contributed by atoms with van der Waals surface area (Å²) < 4.78 is 13.0. The third kappa shape index (κ3) is 5.69. The lowest BCUT2D eigenvalue weighted by Gasteiger charge is -2.19. The molecule has 1 unspecified atom stereocenters. The van der Waals surface area contributed by atoms with E-state index in [2.05, 4.69) is 5.32 Å². The number of carbonyl (C=O) groups is 2. The third-order valence-electron chi connectivity index (χ3n) is 2.78. The van der Waals surface area contributed by atoms with Crippen molar-refractivity contribution in [1.82, 2.24) is 10.2 Å². The summed E-state index contributed by atoms with van der Waals surface area (Å²) in [6, 6.07) is 5.73. The Morgan fingerprint density at radius 2 is 2.15 bits per heavy atom. The lowest BCUT2D eigenvalue weighted by molar-refractivity contribution is -0.137. The predicted molar refractivity (Wildman–Crippen MR) is 72.7 cm³/mol. The fourth-order valence-electron chi connectivity index (χ4n) is 1.75. The summed E-state index contributed by atoms with van der Waals surface area (Å²) in [4.78, 5) is 23.7. The number of carbonyl (C=O) groups excluding carboxylic acids is 1. The highest BCUT2D eigenvalue weighted by molar-refractivity contribution is 5.74. The van der Waals surface area contributed by atoms with Crippen LogP contribution in [0.4, 0.5) is 9.18 Å². The van der Waals surface area contributed by atoms with Gasteiger partial charge in [-0.3, -0.25) is 4.79 Å². The van der Waals surface area contributed by atoms with Gasteiger partial charge in [0.2, 0.25) is 0 Å². The summed E-state index contributed by atoms with van der Waals surface area (Å²) in [5.74, 6) is -1.37. The first-order valence-electron chi connectivity index (χ1n) is 6.33. The van der Waals surface area contributed by atoms with E-state index in [0.29, 0.717) is 12.1 Å². The average molecular weight is 282 g/mol. The second-order valence-electron chi connectivity index (χ2n) is 4.88. The summed E-state index contributed by atoms with van der Waals surface area (Å²) in [5, 5.41) is 11.3. The van der Waals surface area contributed by atoms with E-state index in [1.807, 2.05) is 0 Å². The van der Waals surface area contributed by atoms with E-state index in [1.54, 1.807) is 26.1 Å². The molecule has 6 heteroatoms. The van der Waals surface area contributed by atoms with Crippen molar-refractivity contribution in [3.63, 3.8) is 0 Å². The molecule has 0 saturated heterocycles. The zero-order chi connectivity index (χ0) is 15.1. The summed E-state index contributed by atoms with van der Waals surface area (Å²) in [6.07, 6.45) is 0.00783. The van der Waals surface area contributed by atoms with Crippen molar-refractivity contribution in [3.05, 3.63) is 35.6 Å². The molecule has 0 aliphatic heterocycles. The van der Waals surface area contributed by atoms with Crippen molar-refractivity contribution in [3.8, 4) is 0 Å². The molecule has 0 saturated carbocycles. The minimum Gasteiger partial charge on any atom is -0.481 e. The number of nitrogens with zero attached hydrogens (tertiary/aromatic N) is 1. The van der Waals surface area contributed by atoms with Crippen LogP contribution in [0.2, 0.25) is 0 Å². The lowest BCUT2D eigenvalue weighted by atomic mass is 10.1. The molecule has 0 bridgehead atoms. The van der Waals surface area contributed by atoms with Gasteiger partial charge in [0.1, 0.15) is 5.82 Å². The van der Waals surface area contributed by atoms with Crippen LogP contribution in [-0.4, -0.2) is 35.6 Å². The molecule has 1 aromatic rings. The van der Waals surface area contributed by atoms with Gasteiger partial charge in [-0.1, -0.05) is 19.1 Å². The van der Waals surface area contributed by atoms with Crippen LogP contribution in [0.5, 0.6) is 0 Å². The number of benzene rings is 1. The largest absolute Gasteiger partial charge is 0.481 e. The van der Waals surface area contributed by atoms with E-state index in [0.717, 1.165) is 0 Å². The van der Waals surface area contributed by atoms with Crippen LogP contribution in [0.15, 0.2) is 24.3 Å². The average Bonchev–Trinajstić information content (AvgIpc) is 2.35. The van der Waals surface area contributed by atoms with Crippen molar-refractivity contribution in [2.45, 2.75) is 19.9 Å². The minimum atomic E-state index is -0.889. The van der Waals surface area contributed by atoms with E-state index in [-0.39, 0.29) is 30.7 Å². The molecule has 0 spiro atoms. The molecule has 0 aliphatic rings. The Kier molecular flexibility index (Phi) is 5.96. The lowest BCUT2D eigenvalue weighted by Crippen LogP contribution is -2.39. The van der Waals surface area contributed by atoms with Crippen LogP contribution in [0.1, 0.15) is 18.9 Å². The Bertz CT molecular complexity index is 479. The molecule has 0 radical (unpaired) electrons. The first-order chi connectivity index (χ1) is 9.38. The molecule has 5 nitrogen and oxygen atoms in total. The second kappa shape index (κ2) is 7.47. The monoisotopic (exact) mass is 282 g/mol. The molecular formula is C14H19FN2O3. The molecule has 0 aliphatic carbocycles. The summed E-state index contributed by atoms with van der Waals surface area (Å²) in [7, 11) is 1.60. The third-order valence-corrected chi connectivity index (χ3v) is 2.78. The summed E-state index contributed by atoms with van der Waals surface area (Å²) in [5.41, 5.74) is 0.696. The Labute approximate surface area is 117 Å². The van der Waals surface area contributed by atoms with Gasteiger partial charge in [0, 0.05) is 26.6 Å². The van der Waals surface area contributed by atoms with Gasteiger partial charge >= 0.3 is 12.0 Å². The van der Waals surface area contributed by atoms with Gasteiger partial charge in [-0.25, -0.2) is 9.18 Å². The van der Waals surface area contributed by atoms with Gasteiger partial charge in [0.25, 0.3) is 0 Å². The first kappa shape index (κ1) is 15.9. The number of amides is 2. The molecule has 1 atom stereocenters. The molecule has 0 fully saturated rings. The molecule has 0 heterocycles. The number of carboxylic acids is 1. The van der Waals surface area contributed by atoms with Crippen molar-refractivity contribution in [2.24, 2.45) is 5.92 Å². The number of aliphatic carboxylic acids is 1. The number of carboxylic acid groups (broad SMARTS) is 1. The second-order valence-corrected chi connectivity index (χ2v) is 4.88. The SMILES string of the molecule is CC(CNC(=O)N(C)Cc1cccc(F)c1)CC(=O)O. The Morgan fingerprint density at radius 1 is 1.45 bits per heavy atom. The Hall–Kier alpha value is -2.11. The highest BCUT2D eigenvalue weighted by atomic mass is 19.1. The maximum atomic E-state index is 13.0. The van der Waals surface area contributed by atoms with E-state index in [1.165, 1.54) is 17.0 Å². The topological polar surface area (TPSA) is 69.6 Å². The highest BCUT2D eigenvalue weighted by Crippen LogP contribution is 2.06. The number of urea groups is 1. The number of nitrogens with one attached hydrogen (secondary N) is 1. The fourth-order valence-corrected chi connectivity index (χ4v) is 1.75. The van der Waals surface area contributed by atoms with Crippen molar-refractivity contribution >= 4 is 12.0 Å². The Morgan fingerprint density at radius 3 is 2.75 bits per heavy atom. The zero-order valence-electron chi connectivity index (χ0n) is 11.6. The molecular weight excluding hydrogens is 263 g/mol. The van der Waals surface area contributed by atoms with Gasteiger partial charge in [-0.05, 0) is 23.6 Å². The highest BCUT2D eigenvalue weighted by Gasteiger charge is 2.12. The van der Waals surface area contributed by atoms with Crippen LogP contribution in [0.25, 0.3) is 0 Å². The van der Waals surface area contributed by atoms with Crippen LogP contribution in [0.3, 0.4) is 0 Å². The van der Waals surface area contributed by atoms with Gasteiger partial charge < -0.3 is 15.3 Å². The van der Waals surface area contributed by atoms with Crippen LogP contribution >= 0.6 is 0 Å². The standard InChI is InChI=1S/C14H19FN2O3/c1-10(6-13(18)19)8-16-14(20)17(2)9-11-4-3-5-12(15)7-11/h3-5,7,10H,6,8-9H2,1-2H3,(H,16,20)(H,18,19). The molecule has 20 heavy (non-hydrogen) atoms. The normalized spacial score (nSPS) is 11.8. The Balaban J connectivity index is 2.41. The molecule has 1 rings (SSSR count). The fraction of sp³-hybridized carbons (Fsp3) is 0.429. The zero-order valence-corrected chi connectivity index (χ0v) is 11.6. The molecule has 110 valence electrons. The predicted octanol–water partition coefficient (Wildman–Crippen LogP) is 2.08. The van der Waals surface area contributed by atoms with Gasteiger partial charge in [-0.2, -0.15) is 0 Å². The van der Waals surface area contributed by atoms with E-state index < -0.39 is 5.97 Å². The first-order valence-corrected chi connectivity index (χ1v) is 6.33. The van der Waals surface area contributed by atoms with Crippen molar-refractivity contribution in [2.75, 3.05) is 13.6 Å². The molecule has 2 amide bonds. The van der Waals surface area contributed by atoms with E-state index >= 15 is 0 Å². The number of rotatable bonds is 6. The molecule has 1 aromatic carbocycles. The van der Waals surface area contributed by atoms with Crippen LogP contribution in [-0.2, 0) is 11.3 Å². The smallest absolute Gasteiger partial charge is 0.317 e. The van der Waals surface area contributed by atoms with Gasteiger partial charge in [0.15, 0.2) is 0 Å². The molecule has 0 aromatic heterocycles. The minimum absolute atomic E-state index is 0.00783. The maximum absolute atomic E-state index is 13.0. The summed E-state index contributed by atoms with van der Waals surface area (Å²) >= 11 is 0. The van der Waals surface area contributed by atoms with E-state index in [9.17, 15) is 14.0 Å².